The number of hydrogen-bond acceptors (Lipinski definition) is 4. The Morgan fingerprint density at radius 1 is 1.35 bits per heavy atom. The van der Waals surface area contributed by atoms with Gasteiger partial charge in [0.1, 0.15) is 6.61 Å². The normalized spacial score (nSPS) is 15.0. The highest BCUT2D eigenvalue weighted by molar-refractivity contribution is 5.84. The highest BCUT2D eigenvalue weighted by Crippen LogP contribution is 2.16. The summed E-state index contributed by atoms with van der Waals surface area (Å²) in [6.45, 7) is 4.63. The summed E-state index contributed by atoms with van der Waals surface area (Å²) in [5.74, 6) is -1.03. The van der Waals surface area contributed by atoms with Crippen molar-refractivity contribution in [3.05, 3.63) is 35.9 Å². The Morgan fingerprint density at radius 3 is 2.45 bits per heavy atom. The summed E-state index contributed by atoms with van der Waals surface area (Å²) in [6.07, 6.45) is 0.318. The predicted octanol–water partition coefficient (Wildman–Crippen LogP) is 1.40. The van der Waals surface area contributed by atoms with Crippen LogP contribution in [0.25, 0.3) is 0 Å². The Morgan fingerprint density at radius 2 is 1.95 bits per heavy atom. The van der Waals surface area contributed by atoms with Gasteiger partial charge in [0.2, 0.25) is 5.91 Å². The Kier molecular flexibility index (Phi) is 5.70. The van der Waals surface area contributed by atoms with Crippen molar-refractivity contribution in [3.63, 3.8) is 0 Å². The molecule has 1 rings (SSSR count). The Balaban J connectivity index is 2.71. The van der Waals surface area contributed by atoms with Gasteiger partial charge in [-0.15, -0.1) is 0 Å². The maximum atomic E-state index is 12.1. The van der Waals surface area contributed by atoms with E-state index in [-0.39, 0.29) is 12.5 Å². The summed E-state index contributed by atoms with van der Waals surface area (Å²) in [6, 6.07) is 8.14. The van der Waals surface area contributed by atoms with Crippen LogP contribution >= 0.6 is 0 Å². The van der Waals surface area contributed by atoms with Crippen molar-refractivity contribution in [2.45, 2.75) is 45.4 Å². The van der Waals surface area contributed by atoms with Gasteiger partial charge in [0.15, 0.2) is 6.04 Å². The number of esters is 1. The molecule has 5 nitrogen and oxygen atoms in total. The summed E-state index contributed by atoms with van der Waals surface area (Å²) in [4.78, 5) is 23.2. The molecule has 0 unspecified atom stereocenters. The molecule has 0 aliphatic rings. The first kappa shape index (κ1) is 16.2. The van der Waals surface area contributed by atoms with Crippen molar-refractivity contribution in [1.29, 1.82) is 0 Å². The fourth-order valence-electron chi connectivity index (χ4n) is 1.69. The minimum absolute atomic E-state index is 0.107. The van der Waals surface area contributed by atoms with E-state index in [1.165, 1.54) is 13.8 Å². The first-order valence-electron chi connectivity index (χ1n) is 6.57. The standard InChI is InChI=1S/C15H21NO4/c1-4-15(3,19)13(16-11(2)17)14(18)20-10-12-8-6-5-7-9-12/h5-9,13,19H,4,10H2,1-3H3,(H,16,17)/t13-,15-/m1/s1. The number of aliphatic hydroxyl groups is 1. The van der Waals surface area contributed by atoms with Gasteiger partial charge in [-0.05, 0) is 18.9 Å². The SMILES string of the molecule is CC[C@@](C)(O)[C@H](NC(C)=O)C(=O)OCc1ccccc1. The van der Waals surface area contributed by atoms with E-state index in [2.05, 4.69) is 5.32 Å². The molecule has 0 spiro atoms. The first-order chi connectivity index (χ1) is 9.36. The smallest absolute Gasteiger partial charge is 0.331 e. The highest BCUT2D eigenvalue weighted by Gasteiger charge is 2.37. The van der Waals surface area contributed by atoms with E-state index < -0.39 is 17.6 Å². The molecule has 1 amide bonds. The van der Waals surface area contributed by atoms with Gasteiger partial charge in [-0.3, -0.25) is 4.79 Å². The monoisotopic (exact) mass is 279 g/mol. The minimum Gasteiger partial charge on any atom is -0.459 e. The minimum atomic E-state index is -1.35. The van der Waals surface area contributed by atoms with Crippen LogP contribution in [0.15, 0.2) is 30.3 Å². The molecule has 110 valence electrons. The molecular formula is C15H21NO4. The van der Waals surface area contributed by atoms with E-state index in [4.69, 9.17) is 4.74 Å². The number of carbonyl (C=O) groups excluding carboxylic acids is 2. The van der Waals surface area contributed by atoms with Gasteiger partial charge < -0.3 is 15.2 Å². The van der Waals surface area contributed by atoms with Crippen LogP contribution < -0.4 is 5.32 Å². The van der Waals surface area contributed by atoms with Crippen LogP contribution in [0.2, 0.25) is 0 Å². The number of amides is 1. The Hall–Kier alpha value is -1.88. The Bertz CT molecular complexity index is 456. The third-order valence-corrected chi connectivity index (χ3v) is 3.14. The van der Waals surface area contributed by atoms with Crippen LogP contribution in [0.3, 0.4) is 0 Å². The lowest BCUT2D eigenvalue weighted by molar-refractivity contribution is -0.156. The first-order valence-corrected chi connectivity index (χ1v) is 6.57. The van der Waals surface area contributed by atoms with Crippen molar-refractivity contribution in [1.82, 2.24) is 5.32 Å². The van der Waals surface area contributed by atoms with Gasteiger partial charge in [-0.2, -0.15) is 0 Å². The molecule has 0 aliphatic carbocycles. The van der Waals surface area contributed by atoms with Crippen molar-refractivity contribution < 1.29 is 19.4 Å². The van der Waals surface area contributed by atoms with Crippen LogP contribution in [-0.4, -0.2) is 28.6 Å². The van der Waals surface area contributed by atoms with Crippen LogP contribution in [0.1, 0.15) is 32.8 Å². The zero-order valence-electron chi connectivity index (χ0n) is 12.1. The number of ether oxygens (including phenoxy) is 1. The second-order valence-corrected chi connectivity index (χ2v) is 4.94. The molecule has 0 radical (unpaired) electrons. The molecule has 1 aromatic carbocycles. The molecule has 0 aliphatic heterocycles. The number of hydrogen-bond donors (Lipinski definition) is 2. The maximum absolute atomic E-state index is 12.1. The largest absolute Gasteiger partial charge is 0.459 e. The second kappa shape index (κ2) is 7.05. The van der Waals surface area contributed by atoms with Crippen LogP contribution in [0.5, 0.6) is 0 Å². The average molecular weight is 279 g/mol. The molecule has 2 N–H and O–H groups in total. The summed E-state index contributed by atoms with van der Waals surface area (Å²) in [7, 11) is 0. The van der Waals surface area contributed by atoms with Gasteiger partial charge in [-0.1, -0.05) is 37.3 Å². The quantitative estimate of drug-likeness (QED) is 0.772. The van der Waals surface area contributed by atoms with Crippen molar-refractivity contribution in [2.24, 2.45) is 0 Å². The van der Waals surface area contributed by atoms with E-state index in [1.54, 1.807) is 6.92 Å². The summed E-state index contributed by atoms with van der Waals surface area (Å²) in [5, 5.41) is 12.6. The van der Waals surface area contributed by atoms with E-state index in [0.29, 0.717) is 6.42 Å². The number of benzene rings is 1. The lowest BCUT2D eigenvalue weighted by Gasteiger charge is -2.30. The topological polar surface area (TPSA) is 75.6 Å². The summed E-state index contributed by atoms with van der Waals surface area (Å²) < 4.78 is 5.17. The molecule has 0 bridgehead atoms. The predicted molar refractivity (Wildman–Crippen MR) is 74.8 cm³/mol. The fraction of sp³-hybridized carbons (Fsp3) is 0.467. The van der Waals surface area contributed by atoms with Gasteiger partial charge >= 0.3 is 5.97 Å². The molecule has 20 heavy (non-hydrogen) atoms. The van der Waals surface area contributed by atoms with E-state index >= 15 is 0 Å². The maximum Gasteiger partial charge on any atom is 0.331 e. The van der Waals surface area contributed by atoms with Gasteiger partial charge in [-0.25, -0.2) is 4.79 Å². The average Bonchev–Trinajstić information content (AvgIpc) is 2.43. The highest BCUT2D eigenvalue weighted by atomic mass is 16.5. The van der Waals surface area contributed by atoms with Crippen LogP contribution in [0, 0.1) is 0 Å². The zero-order valence-corrected chi connectivity index (χ0v) is 12.1. The lowest BCUT2D eigenvalue weighted by atomic mass is 9.93. The van der Waals surface area contributed by atoms with Crippen LogP contribution in [0.4, 0.5) is 0 Å². The molecule has 0 saturated heterocycles. The molecule has 2 atom stereocenters. The van der Waals surface area contributed by atoms with Crippen LogP contribution in [-0.2, 0) is 20.9 Å². The molecule has 0 fully saturated rings. The number of nitrogens with one attached hydrogen (secondary N) is 1. The van der Waals surface area contributed by atoms with Gasteiger partial charge in [0.05, 0.1) is 5.60 Å². The Labute approximate surface area is 118 Å². The third kappa shape index (κ3) is 4.66. The van der Waals surface area contributed by atoms with Gasteiger partial charge in [0, 0.05) is 6.92 Å². The summed E-state index contributed by atoms with van der Waals surface area (Å²) >= 11 is 0. The van der Waals surface area contributed by atoms with Crippen molar-refractivity contribution in [3.8, 4) is 0 Å². The van der Waals surface area contributed by atoms with Gasteiger partial charge in [0.25, 0.3) is 0 Å². The summed E-state index contributed by atoms with van der Waals surface area (Å²) in [5.41, 5.74) is -0.502. The molecule has 5 heteroatoms. The molecular weight excluding hydrogens is 258 g/mol. The fourth-order valence-corrected chi connectivity index (χ4v) is 1.69. The molecule has 0 heterocycles. The molecule has 0 aromatic heterocycles. The zero-order chi connectivity index (χ0) is 15.2. The number of carbonyl (C=O) groups is 2. The van der Waals surface area contributed by atoms with Crippen molar-refractivity contribution >= 4 is 11.9 Å². The number of rotatable bonds is 6. The molecule has 1 aromatic rings. The van der Waals surface area contributed by atoms with E-state index in [9.17, 15) is 14.7 Å². The van der Waals surface area contributed by atoms with E-state index in [0.717, 1.165) is 5.56 Å². The molecule has 0 saturated carbocycles. The van der Waals surface area contributed by atoms with Crippen molar-refractivity contribution in [2.75, 3.05) is 0 Å². The third-order valence-electron chi connectivity index (χ3n) is 3.14. The lowest BCUT2D eigenvalue weighted by Crippen LogP contribution is -2.55. The second-order valence-electron chi connectivity index (χ2n) is 4.94. The van der Waals surface area contributed by atoms with E-state index in [1.807, 2.05) is 30.3 Å².